The fourth-order valence-corrected chi connectivity index (χ4v) is 3.73. The number of hydrogen-bond donors (Lipinski definition) is 0. The van der Waals surface area contributed by atoms with Crippen LogP contribution in [0.2, 0.25) is 5.02 Å². The zero-order valence-corrected chi connectivity index (χ0v) is 19.3. The number of nitrogens with zero attached hydrogens (tertiary/aromatic N) is 3. The van der Waals surface area contributed by atoms with Crippen LogP contribution in [0.15, 0.2) is 83.4 Å². The quantitative estimate of drug-likeness (QED) is 0.284. The largest absolute Gasteiger partial charge is 0.416 e. The summed E-state index contributed by atoms with van der Waals surface area (Å²) >= 11 is 6.02. The van der Waals surface area contributed by atoms with Gasteiger partial charge in [-0.25, -0.2) is 0 Å². The third-order valence-electron chi connectivity index (χ3n) is 5.41. The molecule has 0 saturated heterocycles. The van der Waals surface area contributed by atoms with E-state index in [1.54, 1.807) is 29.2 Å². The molecule has 0 spiro atoms. The molecule has 0 aliphatic carbocycles. The second-order valence-corrected chi connectivity index (χ2v) is 8.31. The molecule has 0 aliphatic rings. The number of carbonyl (C=O) groups is 1. The third kappa shape index (κ3) is 6.48. The molecule has 0 bridgehead atoms. The van der Waals surface area contributed by atoms with E-state index in [4.69, 9.17) is 16.1 Å². The highest BCUT2D eigenvalue weighted by molar-refractivity contribution is 6.30. The molecule has 0 N–H and O–H groups in total. The van der Waals surface area contributed by atoms with Crippen LogP contribution in [0.1, 0.15) is 27.4 Å². The van der Waals surface area contributed by atoms with Gasteiger partial charge in [0.15, 0.2) is 0 Å². The summed E-state index contributed by atoms with van der Waals surface area (Å²) in [6.45, 7) is 0.628. The highest BCUT2D eigenvalue weighted by Crippen LogP contribution is 2.29. The van der Waals surface area contributed by atoms with E-state index < -0.39 is 11.7 Å². The second-order valence-electron chi connectivity index (χ2n) is 7.87. The zero-order valence-electron chi connectivity index (χ0n) is 18.5. The summed E-state index contributed by atoms with van der Waals surface area (Å²) in [5, 5.41) is 4.52. The summed E-state index contributed by atoms with van der Waals surface area (Å²) in [5.74, 6) is 0.349. The van der Waals surface area contributed by atoms with Crippen LogP contribution in [0.25, 0.3) is 11.4 Å². The number of aromatic nitrogens is 2. The fraction of sp³-hybridized carbons (Fsp3) is 0.192. The Balaban J connectivity index is 1.49. The summed E-state index contributed by atoms with van der Waals surface area (Å²) in [6, 6.07) is 20.9. The number of amides is 1. The smallest absolute Gasteiger partial charge is 0.339 e. The van der Waals surface area contributed by atoms with E-state index in [0.29, 0.717) is 35.3 Å². The maximum atomic E-state index is 13.2. The number of benzene rings is 3. The van der Waals surface area contributed by atoms with Crippen LogP contribution in [-0.2, 0) is 19.0 Å². The summed E-state index contributed by atoms with van der Waals surface area (Å²) in [5.41, 5.74) is 1.12. The van der Waals surface area contributed by atoms with Crippen molar-refractivity contribution < 1.29 is 22.5 Å². The molecular weight excluding hydrogens is 479 g/mol. The van der Waals surface area contributed by atoms with Gasteiger partial charge in [-0.1, -0.05) is 59.2 Å². The molecule has 5 nitrogen and oxygen atoms in total. The minimum Gasteiger partial charge on any atom is -0.339 e. The summed E-state index contributed by atoms with van der Waals surface area (Å²) < 4.78 is 44.1. The van der Waals surface area contributed by atoms with Gasteiger partial charge in [0, 0.05) is 35.7 Å². The Kier molecular flexibility index (Phi) is 7.51. The van der Waals surface area contributed by atoms with Gasteiger partial charge in [0.1, 0.15) is 0 Å². The molecule has 0 unspecified atom stereocenters. The summed E-state index contributed by atoms with van der Waals surface area (Å²) in [7, 11) is 0. The lowest BCUT2D eigenvalue weighted by Gasteiger charge is -2.22. The standard InChI is InChI=1S/C26H21ClF3N3O2/c27-22-8-4-7-20(17-22)24-31-23(35-32-24)14-16-33(15-13-18-5-2-1-3-6-18)25(34)19-9-11-21(12-10-19)26(28,29)30/h1-12,17H,13-16H2. The summed E-state index contributed by atoms with van der Waals surface area (Å²) in [4.78, 5) is 19.1. The Hall–Kier alpha value is -3.65. The van der Waals surface area contributed by atoms with Crippen molar-refractivity contribution in [3.05, 3.63) is 106 Å². The average molecular weight is 500 g/mol. The molecule has 3 aromatic carbocycles. The Morgan fingerprint density at radius 1 is 0.914 bits per heavy atom. The maximum absolute atomic E-state index is 13.2. The normalized spacial score (nSPS) is 11.4. The van der Waals surface area contributed by atoms with Gasteiger partial charge in [-0.2, -0.15) is 18.2 Å². The Labute approximate surface area is 205 Å². The molecule has 180 valence electrons. The molecular formula is C26H21ClF3N3O2. The zero-order chi connectivity index (χ0) is 24.8. The Bertz CT molecular complexity index is 1280. The van der Waals surface area contributed by atoms with Crippen molar-refractivity contribution in [1.29, 1.82) is 0 Å². The van der Waals surface area contributed by atoms with E-state index in [-0.39, 0.29) is 24.4 Å². The van der Waals surface area contributed by atoms with Gasteiger partial charge in [-0.3, -0.25) is 4.79 Å². The van der Waals surface area contributed by atoms with E-state index in [9.17, 15) is 18.0 Å². The molecule has 35 heavy (non-hydrogen) atoms. The van der Waals surface area contributed by atoms with Crippen molar-refractivity contribution in [2.24, 2.45) is 0 Å². The molecule has 0 atom stereocenters. The molecule has 0 aliphatic heterocycles. The van der Waals surface area contributed by atoms with Crippen LogP contribution in [0.5, 0.6) is 0 Å². The molecule has 9 heteroatoms. The van der Waals surface area contributed by atoms with Crippen LogP contribution in [0, 0.1) is 0 Å². The van der Waals surface area contributed by atoms with Gasteiger partial charge >= 0.3 is 6.18 Å². The van der Waals surface area contributed by atoms with Crippen molar-refractivity contribution in [2.75, 3.05) is 13.1 Å². The van der Waals surface area contributed by atoms with Crippen LogP contribution in [0.3, 0.4) is 0 Å². The van der Waals surface area contributed by atoms with Gasteiger partial charge in [-0.05, 0) is 48.4 Å². The van der Waals surface area contributed by atoms with E-state index in [0.717, 1.165) is 17.7 Å². The first kappa shape index (κ1) is 24.5. The molecule has 4 rings (SSSR count). The van der Waals surface area contributed by atoms with E-state index in [1.165, 1.54) is 12.1 Å². The molecule has 0 saturated carbocycles. The van der Waals surface area contributed by atoms with Crippen molar-refractivity contribution in [2.45, 2.75) is 19.0 Å². The van der Waals surface area contributed by atoms with Crippen molar-refractivity contribution >= 4 is 17.5 Å². The van der Waals surface area contributed by atoms with E-state index >= 15 is 0 Å². The number of rotatable bonds is 8. The third-order valence-corrected chi connectivity index (χ3v) is 5.64. The predicted octanol–water partition coefficient (Wildman–Crippen LogP) is 6.34. The fourth-order valence-electron chi connectivity index (χ4n) is 3.54. The van der Waals surface area contributed by atoms with Gasteiger partial charge < -0.3 is 9.42 Å². The highest BCUT2D eigenvalue weighted by atomic mass is 35.5. The molecule has 1 heterocycles. The Morgan fingerprint density at radius 2 is 1.63 bits per heavy atom. The van der Waals surface area contributed by atoms with Crippen LogP contribution in [-0.4, -0.2) is 34.0 Å². The molecule has 0 fully saturated rings. The summed E-state index contributed by atoms with van der Waals surface area (Å²) in [6.07, 6.45) is -3.59. The first-order valence-electron chi connectivity index (χ1n) is 10.9. The topological polar surface area (TPSA) is 59.2 Å². The van der Waals surface area contributed by atoms with Crippen LogP contribution >= 0.6 is 11.6 Å². The highest BCUT2D eigenvalue weighted by Gasteiger charge is 2.30. The molecule has 1 amide bonds. The first-order valence-corrected chi connectivity index (χ1v) is 11.3. The lowest BCUT2D eigenvalue weighted by Crippen LogP contribution is -2.35. The number of alkyl halides is 3. The molecule has 4 aromatic rings. The lowest BCUT2D eigenvalue weighted by atomic mass is 10.1. The number of carbonyl (C=O) groups excluding carboxylic acids is 1. The minimum atomic E-state index is -4.47. The van der Waals surface area contributed by atoms with E-state index in [1.807, 2.05) is 30.3 Å². The maximum Gasteiger partial charge on any atom is 0.416 e. The first-order chi connectivity index (χ1) is 16.8. The van der Waals surface area contributed by atoms with Crippen LogP contribution < -0.4 is 0 Å². The van der Waals surface area contributed by atoms with Crippen molar-refractivity contribution in [3.63, 3.8) is 0 Å². The number of halogens is 4. The van der Waals surface area contributed by atoms with Gasteiger partial charge in [0.2, 0.25) is 11.7 Å². The van der Waals surface area contributed by atoms with Crippen LogP contribution in [0.4, 0.5) is 13.2 Å². The van der Waals surface area contributed by atoms with Crippen molar-refractivity contribution in [1.82, 2.24) is 15.0 Å². The monoisotopic (exact) mass is 499 g/mol. The SMILES string of the molecule is O=C(c1ccc(C(F)(F)F)cc1)N(CCc1ccccc1)CCc1nc(-c2cccc(Cl)c2)no1. The van der Waals surface area contributed by atoms with Gasteiger partial charge in [0.25, 0.3) is 5.91 Å². The van der Waals surface area contributed by atoms with Gasteiger partial charge in [-0.15, -0.1) is 0 Å². The number of hydrogen-bond acceptors (Lipinski definition) is 4. The molecule has 1 aromatic heterocycles. The predicted molar refractivity (Wildman–Crippen MR) is 126 cm³/mol. The Morgan fingerprint density at radius 3 is 2.31 bits per heavy atom. The van der Waals surface area contributed by atoms with Gasteiger partial charge in [0.05, 0.1) is 5.56 Å². The molecule has 0 radical (unpaired) electrons. The average Bonchev–Trinajstić information content (AvgIpc) is 3.33. The van der Waals surface area contributed by atoms with Crippen molar-refractivity contribution in [3.8, 4) is 11.4 Å². The minimum absolute atomic E-state index is 0.177. The van der Waals surface area contributed by atoms with E-state index in [2.05, 4.69) is 10.1 Å². The lowest BCUT2D eigenvalue weighted by molar-refractivity contribution is -0.137. The second kappa shape index (κ2) is 10.7.